The van der Waals surface area contributed by atoms with E-state index in [1.807, 2.05) is 6.07 Å². The second-order valence-electron chi connectivity index (χ2n) is 2.61. The Morgan fingerprint density at radius 1 is 1.82 bits per heavy atom. The summed E-state index contributed by atoms with van der Waals surface area (Å²) in [5.41, 5.74) is 0. The van der Waals surface area contributed by atoms with E-state index in [9.17, 15) is 4.79 Å². The van der Waals surface area contributed by atoms with Crippen LogP contribution in [-0.4, -0.2) is 29.1 Å². The van der Waals surface area contributed by atoms with E-state index in [2.05, 4.69) is 12.6 Å². The highest BCUT2D eigenvalue weighted by molar-refractivity contribution is 7.81. The van der Waals surface area contributed by atoms with E-state index in [4.69, 9.17) is 5.26 Å². The molecule has 4 heteroatoms. The number of carbonyl (C=O) groups excluding carboxylic acids is 1. The van der Waals surface area contributed by atoms with E-state index in [-0.39, 0.29) is 11.2 Å². The van der Waals surface area contributed by atoms with Crippen LogP contribution in [0.5, 0.6) is 0 Å². The van der Waals surface area contributed by atoms with Gasteiger partial charge in [-0.15, -0.1) is 0 Å². The molecule has 60 valence electrons. The molecule has 11 heavy (non-hydrogen) atoms. The molecule has 0 aromatic heterocycles. The zero-order chi connectivity index (χ0) is 8.27. The number of thiol groups is 1. The number of nitrogens with zero attached hydrogens (tertiary/aromatic N) is 2. The highest BCUT2D eigenvalue weighted by Crippen LogP contribution is 2.15. The fraction of sp³-hybridized carbons (Fsp3) is 0.714. The van der Waals surface area contributed by atoms with E-state index in [0.717, 1.165) is 0 Å². The quantitative estimate of drug-likeness (QED) is 0.611. The number of hydrogen-bond donors (Lipinski definition) is 1. The number of rotatable bonds is 2. The van der Waals surface area contributed by atoms with Crippen molar-refractivity contribution in [2.45, 2.75) is 18.1 Å². The van der Waals surface area contributed by atoms with Crippen LogP contribution in [-0.2, 0) is 4.79 Å². The second kappa shape index (κ2) is 3.63. The summed E-state index contributed by atoms with van der Waals surface area (Å²) in [5, 5.41) is 8.44. The van der Waals surface area contributed by atoms with Gasteiger partial charge in [0.15, 0.2) is 0 Å². The molecule has 1 amide bonds. The van der Waals surface area contributed by atoms with Crippen molar-refractivity contribution < 1.29 is 4.79 Å². The molecule has 0 aromatic rings. The molecule has 0 saturated carbocycles. The van der Waals surface area contributed by atoms with Crippen LogP contribution in [0.15, 0.2) is 0 Å². The predicted molar refractivity (Wildman–Crippen MR) is 44.2 cm³/mol. The molecule has 0 aliphatic carbocycles. The molecular formula is C7H10N2OS. The van der Waals surface area contributed by atoms with Gasteiger partial charge in [0.1, 0.15) is 0 Å². The van der Waals surface area contributed by atoms with Crippen molar-refractivity contribution in [2.75, 3.05) is 13.1 Å². The maximum absolute atomic E-state index is 11.1. The smallest absolute Gasteiger partial charge is 0.223 e. The van der Waals surface area contributed by atoms with Crippen molar-refractivity contribution in [3.63, 3.8) is 0 Å². The molecule has 1 heterocycles. The molecule has 3 nitrogen and oxygen atoms in total. The average molecular weight is 170 g/mol. The van der Waals surface area contributed by atoms with Gasteiger partial charge in [-0.25, -0.2) is 0 Å². The van der Waals surface area contributed by atoms with Crippen LogP contribution in [0.1, 0.15) is 12.8 Å². The highest BCUT2D eigenvalue weighted by atomic mass is 32.1. The van der Waals surface area contributed by atoms with Gasteiger partial charge >= 0.3 is 0 Å². The first kappa shape index (κ1) is 8.41. The number of nitriles is 1. The summed E-state index contributed by atoms with van der Waals surface area (Å²) < 4.78 is 0. The molecule has 0 bridgehead atoms. The second-order valence-corrected chi connectivity index (χ2v) is 3.34. The van der Waals surface area contributed by atoms with Crippen molar-refractivity contribution in [1.29, 1.82) is 5.26 Å². The molecule has 0 N–H and O–H groups in total. The molecule has 1 fully saturated rings. The monoisotopic (exact) mass is 170 g/mol. The lowest BCUT2D eigenvalue weighted by atomic mass is 10.4. The van der Waals surface area contributed by atoms with Crippen molar-refractivity contribution in [3.8, 4) is 6.07 Å². The molecule has 0 spiro atoms. The summed E-state index contributed by atoms with van der Waals surface area (Å²) in [5.74, 6) is 0.125. The Morgan fingerprint density at radius 3 is 3.00 bits per heavy atom. The minimum Gasteiger partial charge on any atom is -0.341 e. The molecular weight excluding hydrogens is 160 g/mol. The van der Waals surface area contributed by atoms with Gasteiger partial charge < -0.3 is 4.90 Å². The largest absolute Gasteiger partial charge is 0.341 e. The van der Waals surface area contributed by atoms with Crippen molar-refractivity contribution in [2.24, 2.45) is 0 Å². The van der Waals surface area contributed by atoms with Gasteiger partial charge in [0.2, 0.25) is 5.91 Å². The van der Waals surface area contributed by atoms with Gasteiger partial charge in [0.05, 0.1) is 12.5 Å². The number of likely N-dealkylation sites (tertiary alicyclic amines) is 1. The van der Waals surface area contributed by atoms with Crippen LogP contribution < -0.4 is 0 Å². The standard InChI is InChI=1S/C7H10N2OS/c8-2-1-3-9-5-6(11)4-7(9)10/h6,11H,1,3-5H2. The van der Waals surface area contributed by atoms with Gasteiger partial charge in [-0.1, -0.05) is 0 Å². The molecule has 1 aliphatic heterocycles. The molecule has 1 atom stereocenters. The maximum Gasteiger partial charge on any atom is 0.223 e. The van der Waals surface area contributed by atoms with Gasteiger partial charge in [-0.2, -0.15) is 17.9 Å². The Bertz CT molecular complexity index is 199. The van der Waals surface area contributed by atoms with Crippen LogP contribution in [0.4, 0.5) is 0 Å². The Kier molecular flexibility index (Phi) is 2.77. The first-order chi connectivity index (χ1) is 5.24. The molecule has 1 unspecified atom stereocenters. The molecule has 0 aromatic carbocycles. The fourth-order valence-electron chi connectivity index (χ4n) is 1.15. The Labute approximate surface area is 71.4 Å². The van der Waals surface area contributed by atoms with Crippen LogP contribution in [0, 0.1) is 11.3 Å². The first-order valence-corrected chi connectivity index (χ1v) is 4.08. The first-order valence-electron chi connectivity index (χ1n) is 3.57. The third-order valence-corrected chi connectivity index (χ3v) is 2.03. The Hall–Kier alpha value is -0.690. The van der Waals surface area contributed by atoms with Gasteiger partial charge in [-0.05, 0) is 0 Å². The lowest BCUT2D eigenvalue weighted by molar-refractivity contribution is -0.127. The lowest BCUT2D eigenvalue weighted by Crippen LogP contribution is -2.26. The number of carbonyl (C=O) groups is 1. The van der Waals surface area contributed by atoms with Crippen LogP contribution in [0.2, 0.25) is 0 Å². The van der Waals surface area contributed by atoms with Crippen molar-refractivity contribution in [3.05, 3.63) is 0 Å². The number of amides is 1. The minimum absolute atomic E-state index is 0.125. The fourth-order valence-corrected chi connectivity index (χ4v) is 1.51. The third-order valence-electron chi connectivity index (χ3n) is 1.69. The minimum atomic E-state index is 0.125. The van der Waals surface area contributed by atoms with Crippen molar-refractivity contribution in [1.82, 2.24) is 4.90 Å². The summed E-state index contributed by atoms with van der Waals surface area (Å²) in [6, 6.07) is 2.01. The van der Waals surface area contributed by atoms with E-state index >= 15 is 0 Å². The van der Waals surface area contributed by atoms with E-state index in [1.165, 1.54) is 0 Å². The van der Waals surface area contributed by atoms with Gasteiger partial charge in [-0.3, -0.25) is 4.79 Å². The summed E-state index contributed by atoms with van der Waals surface area (Å²) >= 11 is 4.19. The Morgan fingerprint density at radius 2 is 2.55 bits per heavy atom. The lowest BCUT2D eigenvalue weighted by Gasteiger charge is -2.12. The van der Waals surface area contributed by atoms with Crippen molar-refractivity contribution >= 4 is 18.5 Å². The SMILES string of the molecule is N#CCCN1CC(S)CC1=O. The topological polar surface area (TPSA) is 44.1 Å². The summed E-state index contributed by atoms with van der Waals surface area (Å²) in [6.07, 6.45) is 0.945. The summed E-state index contributed by atoms with van der Waals surface area (Å²) in [6.45, 7) is 1.26. The van der Waals surface area contributed by atoms with Crippen LogP contribution in [0.3, 0.4) is 0 Å². The van der Waals surface area contributed by atoms with E-state index < -0.39 is 0 Å². The molecule has 0 radical (unpaired) electrons. The Balaban J connectivity index is 2.36. The van der Waals surface area contributed by atoms with Crippen LogP contribution in [0.25, 0.3) is 0 Å². The number of hydrogen-bond acceptors (Lipinski definition) is 3. The van der Waals surface area contributed by atoms with Gasteiger partial charge in [0.25, 0.3) is 0 Å². The zero-order valence-corrected chi connectivity index (χ0v) is 7.05. The normalized spacial score (nSPS) is 23.8. The molecule has 1 saturated heterocycles. The van der Waals surface area contributed by atoms with E-state index in [0.29, 0.717) is 25.9 Å². The molecule has 1 rings (SSSR count). The van der Waals surface area contributed by atoms with E-state index in [1.54, 1.807) is 4.90 Å². The molecule has 1 aliphatic rings. The summed E-state index contributed by atoms with van der Waals surface area (Å²) in [4.78, 5) is 12.8. The predicted octanol–water partition coefficient (Wildman–Crippen LogP) is 0.431. The summed E-state index contributed by atoms with van der Waals surface area (Å²) in [7, 11) is 0. The third kappa shape index (κ3) is 2.12. The zero-order valence-electron chi connectivity index (χ0n) is 6.16. The highest BCUT2D eigenvalue weighted by Gasteiger charge is 2.26. The average Bonchev–Trinajstić information content (AvgIpc) is 2.26. The van der Waals surface area contributed by atoms with Crippen LogP contribution >= 0.6 is 12.6 Å². The maximum atomic E-state index is 11.1. The van der Waals surface area contributed by atoms with Gasteiger partial charge in [0, 0.05) is 24.8 Å².